The molecule has 0 bridgehead atoms. The van der Waals surface area contributed by atoms with Gasteiger partial charge >= 0.3 is 6.18 Å². The van der Waals surface area contributed by atoms with Gasteiger partial charge in [0.2, 0.25) is 0 Å². The summed E-state index contributed by atoms with van der Waals surface area (Å²) in [5.41, 5.74) is -0.00794. The molecule has 2 aromatic carbocycles. The average Bonchev–Trinajstić information content (AvgIpc) is 3.14. The smallest absolute Gasteiger partial charge is 0.416 e. The third-order valence-electron chi connectivity index (χ3n) is 5.73. The molecule has 2 aromatic rings. The molecule has 0 N–H and O–H groups in total. The van der Waals surface area contributed by atoms with E-state index in [2.05, 4.69) is 4.90 Å². The Morgan fingerprint density at radius 1 is 0.931 bits per heavy atom. The van der Waals surface area contributed by atoms with Crippen LogP contribution in [0.1, 0.15) is 35.6 Å². The summed E-state index contributed by atoms with van der Waals surface area (Å²) in [4.78, 5) is 4.39. The van der Waals surface area contributed by atoms with Crippen molar-refractivity contribution in [1.82, 2.24) is 9.80 Å². The fourth-order valence-electron chi connectivity index (χ4n) is 4.25. The molecule has 29 heavy (non-hydrogen) atoms. The van der Waals surface area contributed by atoms with Crippen LogP contribution in [0.25, 0.3) is 0 Å². The van der Waals surface area contributed by atoms with E-state index in [4.69, 9.17) is 4.74 Å². The maximum Gasteiger partial charge on any atom is 0.416 e. The van der Waals surface area contributed by atoms with Gasteiger partial charge in [-0.1, -0.05) is 18.2 Å². The van der Waals surface area contributed by atoms with Crippen molar-refractivity contribution in [1.29, 1.82) is 0 Å². The maximum atomic E-state index is 14.7. The van der Waals surface area contributed by atoms with Crippen LogP contribution >= 0.6 is 0 Å². The summed E-state index contributed by atoms with van der Waals surface area (Å²) in [7, 11) is 0. The predicted molar refractivity (Wildman–Crippen MR) is 102 cm³/mol. The number of hydrogen-bond donors (Lipinski definition) is 0. The van der Waals surface area contributed by atoms with Gasteiger partial charge in [0.1, 0.15) is 18.2 Å². The third kappa shape index (κ3) is 4.41. The molecule has 4 rings (SSSR count). The van der Waals surface area contributed by atoms with Crippen molar-refractivity contribution in [3.05, 3.63) is 65.0 Å². The fraction of sp³-hybridized carbons (Fsp3) is 0.455. The normalized spacial score (nSPS) is 20.9. The summed E-state index contributed by atoms with van der Waals surface area (Å²) < 4.78 is 60.7. The van der Waals surface area contributed by atoms with Crippen molar-refractivity contribution in [2.24, 2.45) is 0 Å². The number of hydrogen-bond acceptors (Lipinski definition) is 3. The number of fused-ring (bicyclic) bond motifs is 1. The van der Waals surface area contributed by atoms with E-state index in [0.717, 1.165) is 44.6 Å². The summed E-state index contributed by atoms with van der Waals surface area (Å²) in [5, 5.41) is 0. The van der Waals surface area contributed by atoms with Crippen LogP contribution < -0.4 is 4.74 Å². The van der Waals surface area contributed by atoms with Gasteiger partial charge in [0.25, 0.3) is 0 Å². The average molecular weight is 408 g/mol. The number of nitrogens with zero attached hydrogens (tertiary/aromatic N) is 2. The Morgan fingerprint density at radius 2 is 1.69 bits per heavy atom. The van der Waals surface area contributed by atoms with Crippen molar-refractivity contribution in [2.45, 2.75) is 25.1 Å². The SMILES string of the molecule is Fc1ccccc1C1c2cc(C(F)(F)F)ccc2OCCN1CCN1CCCC1. The standard InChI is InChI=1S/C22H24F4N2O/c23-19-6-2-1-5-17(19)21-18-15-16(22(24,25)26)7-8-20(18)29-14-13-28(21)12-11-27-9-3-4-10-27/h1-2,5-8,15,21H,3-4,9-14H2. The van der Waals surface area contributed by atoms with Crippen molar-refractivity contribution < 1.29 is 22.3 Å². The quantitative estimate of drug-likeness (QED) is 0.681. The summed E-state index contributed by atoms with van der Waals surface area (Å²) in [5.74, 6) is -0.0381. The van der Waals surface area contributed by atoms with E-state index in [1.165, 1.54) is 12.1 Å². The van der Waals surface area contributed by atoms with Gasteiger partial charge in [0.05, 0.1) is 11.6 Å². The first kappa shape index (κ1) is 20.2. The largest absolute Gasteiger partial charge is 0.492 e. The van der Waals surface area contributed by atoms with E-state index in [9.17, 15) is 17.6 Å². The Morgan fingerprint density at radius 3 is 2.41 bits per heavy atom. The molecule has 0 radical (unpaired) electrons. The lowest BCUT2D eigenvalue weighted by Crippen LogP contribution is -2.38. The van der Waals surface area contributed by atoms with Crippen molar-refractivity contribution in [3.63, 3.8) is 0 Å². The summed E-state index contributed by atoms with van der Waals surface area (Å²) in [6, 6.07) is 9.18. The van der Waals surface area contributed by atoms with Gasteiger partial charge < -0.3 is 9.64 Å². The second-order valence-corrected chi connectivity index (χ2v) is 7.61. The van der Waals surface area contributed by atoms with Gasteiger partial charge in [-0.05, 0) is 50.2 Å². The summed E-state index contributed by atoms with van der Waals surface area (Å²) >= 11 is 0. The first-order valence-electron chi connectivity index (χ1n) is 9.98. The van der Waals surface area contributed by atoms with Crippen LogP contribution in [0.2, 0.25) is 0 Å². The molecule has 1 saturated heterocycles. The van der Waals surface area contributed by atoms with Gasteiger partial charge in [0, 0.05) is 30.8 Å². The topological polar surface area (TPSA) is 15.7 Å². The van der Waals surface area contributed by atoms with E-state index >= 15 is 0 Å². The molecule has 0 saturated carbocycles. The Kier molecular flexibility index (Phi) is 5.79. The molecular weight excluding hydrogens is 384 g/mol. The highest BCUT2D eigenvalue weighted by atomic mass is 19.4. The molecule has 2 aliphatic heterocycles. The number of halogens is 4. The molecule has 156 valence electrons. The molecule has 0 aliphatic carbocycles. The first-order chi connectivity index (χ1) is 13.9. The van der Waals surface area contributed by atoms with E-state index in [-0.39, 0.29) is 0 Å². The van der Waals surface area contributed by atoms with Gasteiger partial charge in [-0.15, -0.1) is 0 Å². The Bertz CT molecular complexity index is 849. The molecule has 1 atom stereocenters. The van der Waals surface area contributed by atoms with Crippen molar-refractivity contribution in [2.75, 3.05) is 39.3 Å². The van der Waals surface area contributed by atoms with Crippen molar-refractivity contribution in [3.8, 4) is 5.75 Å². The highest BCUT2D eigenvalue weighted by Gasteiger charge is 2.35. The minimum Gasteiger partial charge on any atom is -0.492 e. The maximum absolute atomic E-state index is 14.7. The van der Waals surface area contributed by atoms with E-state index < -0.39 is 23.6 Å². The lowest BCUT2D eigenvalue weighted by atomic mass is 9.94. The number of benzene rings is 2. The van der Waals surface area contributed by atoms with Gasteiger partial charge in [0.15, 0.2) is 0 Å². The molecule has 0 aromatic heterocycles. The molecule has 2 aliphatic rings. The van der Waals surface area contributed by atoms with Crippen LogP contribution in [0.15, 0.2) is 42.5 Å². The van der Waals surface area contributed by atoms with Crippen molar-refractivity contribution >= 4 is 0 Å². The van der Waals surface area contributed by atoms with E-state index in [1.54, 1.807) is 18.2 Å². The van der Waals surface area contributed by atoms with Crippen LogP contribution in [-0.2, 0) is 6.18 Å². The third-order valence-corrected chi connectivity index (χ3v) is 5.73. The molecule has 7 heteroatoms. The highest BCUT2D eigenvalue weighted by Crippen LogP contribution is 2.41. The second-order valence-electron chi connectivity index (χ2n) is 7.61. The molecule has 0 amide bonds. The molecule has 1 unspecified atom stereocenters. The van der Waals surface area contributed by atoms with Crippen LogP contribution in [0.5, 0.6) is 5.75 Å². The lowest BCUT2D eigenvalue weighted by Gasteiger charge is -2.32. The van der Waals surface area contributed by atoms with Gasteiger partial charge in [-0.3, -0.25) is 4.90 Å². The zero-order valence-corrected chi connectivity index (χ0v) is 16.1. The first-order valence-corrected chi connectivity index (χ1v) is 9.98. The lowest BCUT2D eigenvalue weighted by molar-refractivity contribution is -0.137. The Hall–Kier alpha value is -2.12. The monoisotopic (exact) mass is 408 g/mol. The van der Waals surface area contributed by atoms with Crippen LogP contribution in [0.4, 0.5) is 17.6 Å². The van der Waals surface area contributed by atoms with Crippen LogP contribution in [-0.4, -0.2) is 49.1 Å². The van der Waals surface area contributed by atoms with Gasteiger partial charge in [-0.25, -0.2) is 4.39 Å². The van der Waals surface area contributed by atoms with Crippen LogP contribution in [0.3, 0.4) is 0 Å². The van der Waals surface area contributed by atoms with Gasteiger partial charge in [-0.2, -0.15) is 13.2 Å². The van der Waals surface area contributed by atoms with E-state index in [1.807, 2.05) is 4.90 Å². The molecule has 3 nitrogen and oxygen atoms in total. The zero-order valence-electron chi connectivity index (χ0n) is 16.1. The molecular formula is C22H24F4N2O. The van der Waals surface area contributed by atoms with E-state index in [0.29, 0.717) is 36.6 Å². The minimum absolute atomic E-state index is 0.351. The molecule has 2 heterocycles. The number of ether oxygens (including phenoxy) is 1. The molecule has 1 fully saturated rings. The Labute approximate surface area is 167 Å². The highest BCUT2D eigenvalue weighted by molar-refractivity contribution is 5.45. The zero-order chi connectivity index (χ0) is 20.4. The number of alkyl halides is 3. The number of rotatable bonds is 4. The summed E-state index contributed by atoms with van der Waals surface area (Å²) in [6.45, 7) is 4.37. The summed E-state index contributed by atoms with van der Waals surface area (Å²) in [6.07, 6.45) is -2.14. The number of likely N-dealkylation sites (tertiary alicyclic amines) is 1. The fourth-order valence-corrected chi connectivity index (χ4v) is 4.25. The Balaban J connectivity index is 1.74. The second kappa shape index (κ2) is 8.32. The minimum atomic E-state index is -4.47. The molecule has 0 spiro atoms. The van der Waals surface area contributed by atoms with Crippen LogP contribution in [0, 0.1) is 5.82 Å². The predicted octanol–water partition coefficient (Wildman–Crippen LogP) is 4.72.